The van der Waals surface area contributed by atoms with Crippen molar-refractivity contribution in [3.63, 3.8) is 0 Å². The average Bonchev–Trinajstić information content (AvgIpc) is 3.21. The first kappa shape index (κ1) is 19.1. The number of aromatic nitrogens is 1. The molecule has 0 unspecified atom stereocenters. The SMILES string of the molecule is CNS(=O)(=O)c1cc(C(=O)Nc2cccc(CN3CCCC3=O)c2)n(C)c1. The number of amides is 2. The quantitative estimate of drug-likeness (QED) is 0.777. The summed E-state index contributed by atoms with van der Waals surface area (Å²) in [6.45, 7) is 1.26. The number of hydrogen-bond donors (Lipinski definition) is 2. The second kappa shape index (κ2) is 7.53. The van der Waals surface area contributed by atoms with Gasteiger partial charge in [-0.25, -0.2) is 13.1 Å². The monoisotopic (exact) mass is 390 g/mol. The van der Waals surface area contributed by atoms with Crippen LogP contribution in [-0.4, -0.2) is 43.3 Å². The normalized spacial score (nSPS) is 14.6. The van der Waals surface area contributed by atoms with Gasteiger partial charge in [-0.1, -0.05) is 12.1 Å². The number of aryl methyl sites for hydroxylation is 1. The summed E-state index contributed by atoms with van der Waals surface area (Å²) in [7, 11) is -0.692. The Morgan fingerprint density at radius 1 is 1.26 bits per heavy atom. The lowest BCUT2D eigenvalue weighted by Crippen LogP contribution is -2.23. The van der Waals surface area contributed by atoms with E-state index in [9.17, 15) is 18.0 Å². The maximum atomic E-state index is 12.6. The molecule has 1 fully saturated rings. The predicted molar refractivity (Wildman–Crippen MR) is 101 cm³/mol. The minimum atomic E-state index is -3.62. The minimum absolute atomic E-state index is 0.0268. The van der Waals surface area contributed by atoms with Crippen LogP contribution in [0.4, 0.5) is 5.69 Å². The largest absolute Gasteiger partial charge is 0.345 e. The molecule has 2 amide bonds. The molecule has 0 spiro atoms. The molecule has 2 aromatic rings. The van der Waals surface area contributed by atoms with E-state index in [2.05, 4.69) is 10.0 Å². The number of nitrogens with zero attached hydrogens (tertiary/aromatic N) is 2. The van der Waals surface area contributed by atoms with E-state index in [-0.39, 0.29) is 16.5 Å². The lowest BCUT2D eigenvalue weighted by atomic mass is 10.2. The lowest BCUT2D eigenvalue weighted by molar-refractivity contribution is -0.128. The van der Waals surface area contributed by atoms with Gasteiger partial charge >= 0.3 is 0 Å². The van der Waals surface area contributed by atoms with Gasteiger partial charge in [-0.2, -0.15) is 0 Å². The van der Waals surface area contributed by atoms with E-state index in [1.807, 2.05) is 18.2 Å². The molecule has 3 rings (SSSR count). The van der Waals surface area contributed by atoms with E-state index in [0.717, 1.165) is 18.5 Å². The molecule has 0 aliphatic carbocycles. The molecule has 8 nitrogen and oxygen atoms in total. The maximum Gasteiger partial charge on any atom is 0.272 e. The van der Waals surface area contributed by atoms with Crippen molar-refractivity contribution in [1.29, 1.82) is 0 Å². The van der Waals surface area contributed by atoms with Crippen molar-refractivity contribution in [2.75, 3.05) is 18.9 Å². The van der Waals surface area contributed by atoms with Crippen LogP contribution in [0.15, 0.2) is 41.4 Å². The van der Waals surface area contributed by atoms with Crippen molar-refractivity contribution in [2.24, 2.45) is 7.05 Å². The molecule has 2 heterocycles. The highest BCUT2D eigenvalue weighted by Crippen LogP contribution is 2.19. The van der Waals surface area contributed by atoms with E-state index in [0.29, 0.717) is 18.7 Å². The summed E-state index contributed by atoms with van der Waals surface area (Å²) in [6, 6.07) is 8.61. The van der Waals surface area contributed by atoms with Gasteiger partial charge in [0.05, 0.1) is 0 Å². The average molecular weight is 390 g/mol. The number of hydrogen-bond acceptors (Lipinski definition) is 4. The summed E-state index contributed by atoms with van der Waals surface area (Å²) < 4.78 is 27.5. The summed E-state index contributed by atoms with van der Waals surface area (Å²) in [4.78, 5) is 26.2. The molecule has 2 N–H and O–H groups in total. The summed E-state index contributed by atoms with van der Waals surface area (Å²) in [6.07, 6.45) is 2.85. The number of carbonyl (C=O) groups excluding carboxylic acids is 2. The van der Waals surface area contributed by atoms with E-state index in [1.54, 1.807) is 18.0 Å². The fraction of sp³-hybridized carbons (Fsp3) is 0.333. The summed E-state index contributed by atoms with van der Waals surface area (Å²) >= 11 is 0. The van der Waals surface area contributed by atoms with Gasteiger partial charge in [0, 0.05) is 38.4 Å². The zero-order valence-corrected chi connectivity index (χ0v) is 16.0. The van der Waals surface area contributed by atoms with Gasteiger partial charge in [0.2, 0.25) is 15.9 Å². The van der Waals surface area contributed by atoms with Gasteiger partial charge in [-0.05, 0) is 37.2 Å². The van der Waals surface area contributed by atoms with Crippen LogP contribution in [0.5, 0.6) is 0 Å². The first-order chi connectivity index (χ1) is 12.8. The Morgan fingerprint density at radius 2 is 2.04 bits per heavy atom. The van der Waals surface area contributed by atoms with Gasteiger partial charge in [0.1, 0.15) is 10.6 Å². The lowest BCUT2D eigenvalue weighted by Gasteiger charge is -2.16. The van der Waals surface area contributed by atoms with Crippen LogP contribution in [-0.2, 0) is 28.4 Å². The first-order valence-electron chi connectivity index (χ1n) is 8.58. The molecule has 1 aromatic heterocycles. The Hall–Kier alpha value is -2.65. The highest BCUT2D eigenvalue weighted by atomic mass is 32.2. The summed E-state index contributed by atoms with van der Waals surface area (Å²) in [5, 5.41) is 2.78. The Balaban J connectivity index is 1.75. The van der Waals surface area contributed by atoms with Crippen molar-refractivity contribution in [3.05, 3.63) is 47.8 Å². The van der Waals surface area contributed by atoms with Crippen molar-refractivity contribution in [3.8, 4) is 0 Å². The van der Waals surface area contributed by atoms with Gasteiger partial charge < -0.3 is 14.8 Å². The van der Waals surface area contributed by atoms with Crippen LogP contribution in [0.3, 0.4) is 0 Å². The summed E-state index contributed by atoms with van der Waals surface area (Å²) in [5.74, 6) is -0.268. The molecule has 1 aliphatic rings. The Bertz CT molecular complexity index is 981. The van der Waals surface area contributed by atoms with Gasteiger partial charge in [-0.3, -0.25) is 9.59 Å². The second-order valence-electron chi connectivity index (χ2n) is 6.45. The fourth-order valence-electron chi connectivity index (χ4n) is 3.06. The standard InChI is InChI=1S/C18H22N4O4S/c1-19-27(25,26)15-10-16(21(2)12-15)18(24)20-14-6-3-5-13(9-14)11-22-8-4-7-17(22)23/h3,5-6,9-10,12,19H,4,7-8,11H2,1-2H3,(H,20,24). The molecule has 0 atom stereocenters. The van der Waals surface area contributed by atoms with Crippen molar-refractivity contribution < 1.29 is 18.0 Å². The molecular formula is C18H22N4O4S. The zero-order valence-electron chi connectivity index (χ0n) is 15.2. The highest BCUT2D eigenvalue weighted by Gasteiger charge is 2.21. The van der Waals surface area contributed by atoms with Crippen LogP contribution in [0.2, 0.25) is 0 Å². The molecular weight excluding hydrogens is 368 g/mol. The van der Waals surface area contributed by atoms with E-state index in [4.69, 9.17) is 0 Å². The molecule has 0 radical (unpaired) electrons. The second-order valence-corrected chi connectivity index (χ2v) is 8.34. The molecule has 0 bridgehead atoms. The number of sulfonamides is 1. The molecule has 9 heteroatoms. The van der Waals surface area contributed by atoms with Gasteiger partial charge in [-0.15, -0.1) is 0 Å². The number of carbonyl (C=O) groups is 2. The van der Waals surface area contributed by atoms with Crippen LogP contribution < -0.4 is 10.0 Å². The Morgan fingerprint density at radius 3 is 2.70 bits per heavy atom. The van der Waals surface area contributed by atoms with Crippen LogP contribution in [0.1, 0.15) is 28.9 Å². The smallest absolute Gasteiger partial charge is 0.272 e. The van der Waals surface area contributed by atoms with Gasteiger partial charge in [0.15, 0.2) is 0 Å². The van der Waals surface area contributed by atoms with Crippen molar-refractivity contribution in [1.82, 2.24) is 14.2 Å². The topological polar surface area (TPSA) is 101 Å². The minimum Gasteiger partial charge on any atom is -0.345 e. The van der Waals surface area contributed by atoms with Crippen molar-refractivity contribution in [2.45, 2.75) is 24.3 Å². The molecule has 27 heavy (non-hydrogen) atoms. The molecule has 144 valence electrons. The van der Waals surface area contributed by atoms with Crippen molar-refractivity contribution >= 4 is 27.5 Å². The first-order valence-corrected chi connectivity index (χ1v) is 10.1. The van der Waals surface area contributed by atoms with Crippen LogP contribution >= 0.6 is 0 Å². The maximum absolute atomic E-state index is 12.6. The Labute approximate surface area is 158 Å². The predicted octanol–water partition coefficient (Wildman–Crippen LogP) is 1.31. The highest BCUT2D eigenvalue weighted by molar-refractivity contribution is 7.89. The zero-order chi connectivity index (χ0) is 19.6. The fourth-order valence-corrected chi connectivity index (χ4v) is 3.86. The third-order valence-electron chi connectivity index (χ3n) is 4.52. The van der Waals surface area contributed by atoms with E-state index < -0.39 is 15.9 Å². The van der Waals surface area contributed by atoms with Crippen LogP contribution in [0.25, 0.3) is 0 Å². The number of nitrogens with one attached hydrogen (secondary N) is 2. The third-order valence-corrected chi connectivity index (χ3v) is 5.90. The molecule has 1 saturated heterocycles. The van der Waals surface area contributed by atoms with E-state index >= 15 is 0 Å². The van der Waals surface area contributed by atoms with Gasteiger partial charge in [0.25, 0.3) is 5.91 Å². The van der Waals surface area contributed by atoms with Crippen LogP contribution in [0, 0.1) is 0 Å². The third kappa shape index (κ3) is 4.20. The molecule has 0 saturated carbocycles. The number of anilines is 1. The number of benzene rings is 1. The molecule has 1 aliphatic heterocycles. The number of likely N-dealkylation sites (tertiary alicyclic amines) is 1. The van der Waals surface area contributed by atoms with E-state index in [1.165, 1.54) is 23.9 Å². The Kier molecular flexibility index (Phi) is 5.33. The number of rotatable bonds is 6. The summed E-state index contributed by atoms with van der Waals surface area (Å²) in [5.41, 5.74) is 1.74. The molecule has 1 aromatic carbocycles.